The molecule has 0 radical (unpaired) electrons. The summed E-state index contributed by atoms with van der Waals surface area (Å²) in [7, 11) is 2.35. The van der Waals surface area contributed by atoms with Crippen molar-refractivity contribution in [2.24, 2.45) is 0 Å². The number of benzene rings is 1. The number of methoxy groups -OCH3 is 2. The van der Waals surface area contributed by atoms with Gasteiger partial charge in [0.2, 0.25) is 0 Å². The highest BCUT2D eigenvalue weighted by Crippen LogP contribution is 2.26. The largest absolute Gasteiger partial charge is 0.513 e. The third-order valence-electron chi connectivity index (χ3n) is 1.57. The van der Waals surface area contributed by atoms with Crippen LogP contribution in [-0.4, -0.2) is 26.5 Å². The van der Waals surface area contributed by atoms with E-state index in [-0.39, 0.29) is 11.5 Å². The van der Waals surface area contributed by atoms with E-state index >= 15 is 0 Å². The number of carbonyl (C=O) groups excluding carboxylic acids is 2. The van der Waals surface area contributed by atoms with Crippen LogP contribution in [0.3, 0.4) is 0 Å². The van der Waals surface area contributed by atoms with Gasteiger partial charge in [-0.1, -0.05) is 12.1 Å². The zero-order chi connectivity index (χ0) is 12.0. The maximum Gasteiger partial charge on any atom is 0.513 e. The number of para-hydroxylation sites is 2. The van der Waals surface area contributed by atoms with Crippen molar-refractivity contribution >= 4 is 12.3 Å². The molecule has 0 saturated heterocycles. The predicted octanol–water partition coefficient (Wildman–Crippen LogP) is 1.98. The van der Waals surface area contributed by atoms with Gasteiger partial charge in [-0.2, -0.15) is 0 Å². The molecule has 0 aliphatic rings. The van der Waals surface area contributed by atoms with Gasteiger partial charge in [-0.15, -0.1) is 0 Å². The van der Waals surface area contributed by atoms with Crippen molar-refractivity contribution in [3.05, 3.63) is 24.3 Å². The lowest BCUT2D eigenvalue weighted by Gasteiger charge is -2.08. The van der Waals surface area contributed by atoms with Crippen LogP contribution in [0.5, 0.6) is 11.5 Å². The monoisotopic (exact) mass is 226 g/mol. The molecule has 16 heavy (non-hydrogen) atoms. The van der Waals surface area contributed by atoms with Gasteiger partial charge in [0.25, 0.3) is 0 Å². The van der Waals surface area contributed by atoms with Gasteiger partial charge in [-0.25, -0.2) is 9.59 Å². The van der Waals surface area contributed by atoms with E-state index in [0.29, 0.717) is 0 Å². The summed E-state index contributed by atoms with van der Waals surface area (Å²) in [4.78, 5) is 21.7. The van der Waals surface area contributed by atoms with Gasteiger partial charge in [0.15, 0.2) is 11.5 Å². The maximum atomic E-state index is 10.9. The number of carbonyl (C=O) groups is 2. The van der Waals surface area contributed by atoms with Crippen molar-refractivity contribution in [3.8, 4) is 11.5 Å². The van der Waals surface area contributed by atoms with E-state index in [1.165, 1.54) is 26.4 Å². The van der Waals surface area contributed by atoms with Gasteiger partial charge < -0.3 is 18.9 Å². The fourth-order valence-electron chi connectivity index (χ4n) is 0.882. The average Bonchev–Trinajstić information content (AvgIpc) is 2.31. The summed E-state index contributed by atoms with van der Waals surface area (Å²) in [5.41, 5.74) is 0. The number of ether oxygens (including phenoxy) is 4. The van der Waals surface area contributed by atoms with Gasteiger partial charge in [-0.3, -0.25) is 0 Å². The average molecular weight is 226 g/mol. The van der Waals surface area contributed by atoms with E-state index in [4.69, 9.17) is 9.47 Å². The zero-order valence-corrected chi connectivity index (χ0v) is 8.76. The van der Waals surface area contributed by atoms with Crippen LogP contribution in [0, 0.1) is 0 Å². The third-order valence-corrected chi connectivity index (χ3v) is 1.57. The highest BCUT2D eigenvalue weighted by molar-refractivity contribution is 5.68. The molecule has 0 fully saturated rings. The lowest BCUT2D eigenvalue weighted by atomic mass is 10.3. The summed E-state index contributed by atoms with van der Waals surface area (Å²) < 4.78 is 18.1. The molecule has 0 aliphatic carbocycles. The van der Waals surface area contributed by atoms with Crippen LogP contribution in [0.15, 0.2) is 24.3 Å². The standard InChI is InChI=1S/C10H10O6/c1-13-9(11)15-7-5-3-4-6-8(7)16-10(12)14-2/h3-6H,1-2H3. The smallest absolute Gasteiger partial charge is 0.437 e. The van der Waals surface area contributed by atoms with Crippen LogP contribution in [0.1, 0.15) is 0 Å². The molecule has 0 aliphatic heterocycles. The molecule has 0 spiro atoms. The first-order chi connectivity index (χ1) is 7.67. The van der Waals surface area contributed by atoms with Gasteiger partial charge in [0.05, 0.1) is 14.2 Å². The minimum atomic E-state index is -0.902. The van der Waals surface area contributed by atoms with E-state index in [9.17, 15) is 9.59 Å². The van der Waals surface area contributed by atoms with Crippen molar-refractivity contribution in [3.63, 3.8) is 0 Å². The predicted molar refractivity (Wildman–Crippen MR) is 52.5 cm³/mol. The van der Waals surface area contributed by atoms with Gasteiger partial charge in [0.1, 0.15) is 0 Å². The Morgan fingerprint density at radius 2 is 1.25 bits per heavy atom. The van der Waals surface area contributed by atoms with E-state index in [1.54, 1.807) is 12.1 Å². The highest BCUT2D eigenvalue weighted by atomic mass is 16.7. The number of rotatable bonds is 2. The first-order valence-electron chi connectivity index (χ1n) is 4.28. The molecule has 1 aromatic rings. The molecule has 86 valence electrons. The number of hydrogen-bond donors (Lipinski definition) is 0. The SMILES string of the molecule is COC(=O)Oc1ccccc1OC(=O)OC. The lowest BCUT2D eigenvalue weighted by Crippen LogP contribution is -2.11. The third kappa shape index (κ3) is 3.16. The Balaban J connectivity index is 2.83. The Kier molecular flexibility index (Phi) is 4.14. The summed E-state index contributed by atoms with van der Waals surface area (Å²) in [5, 5.41) is 0. The normalized spacial score (nSPS) is 9.12. The van der Waals surface area contributed by atoms with Crippen LogP contribution in [0.4, 0.5) is 9.59 Å². The van der Waals surface area contributed by atoms with Gasteiger partial charge in [0, 0.05) is 0 Å². The first kappa shape index (κ1) is 11.8. The molecule has 0 unspecified atom stereocenters. The fraction of sp³-hybridized carbons (Fsp3) is 0.200. The molecule has 6 heteroatoms. The highest BCUT2D eigenvalue weighted by Gasteiger charge is 2.12. The topological polar surface area (TPSA) is 71.1 Å². The molecule has 0 amide bonds. The number of hydrogen-bond acceptors (Lipinski definition) is 6. The Labute approximate surface area is 91.7 Å². The molecule has 1 aromatic carbocycles. The molecule has 0 atom stereocenters. The van der Waals surface area contributed by atoms with Crippen LogP contribution >= 0.6 is 0 Å². The zero-order valence-electron chi connectivity index (χ0n) is 8.76. The van der Waals surface area contributed by atoms with Crippen molar-refractivity contribution in [2.45, 2.75) is 0 Å². The summed E-state index contributed by atoms with van der Waals surface area (Å²) in [6.07, 6.45) is -1.80. The van der Waals surface area contributed by atoms with E-state index < -0.39 is 12.3 Å². The Hall–Kier alpha value is -2.24. The second kappa shape index (κ2) is 5.59. The van der Waals surface area contributed by atoms with Crippen LogP contribution in [-0.2, 0) is 9.47 Å². The molecule has 1 rings (SSSR count). The van der Waals surface area contributed by atoms with Crippen molar-refractivity contribution in [2.75, 3.05) is 14.2 Å². The van der Waals surface area contributed by atoms with E-state index in [1.807, 2.05) is 0 Å². The maximum absolute atomic E-state index is 10.9. The van der Waals surface area contributed by atoms with E-state index in [2.05, 4.69) is 9.47 Å². The Bertz CT molecular complexity index is 350. The van der Waals surface area contributed by atoms with Crippen LogP contribution in [0.2, 0.25) is 0 Å². The summed E-state index contributed by atoms with van der Waals surface area (Å²) >= 11 is 0. The summed E-state index contributed by atoms with van der Waals surface area (Å²) in [6.45, 7) is 0. The minimum Gasteiger partial charge on any atom is -0.437 e. The summed E-state index contributed by atoms with van der Waals surface area (Å²) in [5.74, 6) is 0.138. The van der Waals surface area contributed by atoms with Crippen LogP contribution in [0.25, 0.3) is 0 Å². The molecule has 0 heterocycles. The van der Waals surface area contributed by atoms with Crippen LogP contribution < -0.4 is 9.47 Å². The molecule has 0 saturated carbocycles. The first-order valence-corrected chi connectivity index (χ1v) is 4.28. The molecule has 0 aromatic heterocycles. The molecule has 0 bridgehead atoms. The molecule has 0 N–H and O–H groups in total. The second-order valence-electron chi connectivity index (χ2n) is 2.56. The van der Waals surface area contributed by atoms with Crippen molar-refractivity contribution in [1.82, 2.24) is 0 Å². The van der Waals surface area contributed by atoms with Crippen molar-refractivity contribution < 1.29 is 28.5 Å². The molecular formula is C10H10O6. The fourth-order valence-corrected chi connectivity index (χ4v) is 0.882. The summed E-state index contributed by atoms with van der Waals surface area (Å²) in [6, 6.07) is 6.13. The van der Waals surface area contributed by atoms with Crippen molar-refractivity contribution in [1.29, 1.82) is 0 Å². The quantitative estimate of drug-likeness (QED) is 0.567. The second-order valence-corrected chi connectivity index (χ2v) is 2.56. The minimum absolute atomic E-state index is 0.0692. The molecular weight excluding hydrogens is 216 g/mol. The lowest BCUT2D eigenvalue weighted by molar-refractivity contribution is 0.110. The molecule has 6 nitrogen and oxygen atoms in total. The van der Waals surface area contributed by atoms with E-state index in [0.717, 1.165) is 0 Å². The Morgan fingerprint density at radius 3 is 1.56 bits per heavy atom. The van der Waals surface area contributed by atoms with Gasteiger partial charge in [-0.05, 0) is 12.1 Å². The van der Waals surface area contributed by atoms with Gasteiger partial charge >= 0.3 is 12.3 Å². The Morgan fingerprint density at radius 1 is 0.875 bits per heavy atom.